The molecule has 5 rings (SSSR count). The van der Waals surface area contributed by atoms with E-state index in [1.54, 1.807) is 18.9 Å². The quantitative estimate of drug-likeness (QED) is 0.503. The SMILES string of the molecule is COc1ccc(CCN2C(=O)C3=C(C(=O)C4CC(C)C(C)CC4O3)C2c2ccc(SC)cc2)cc1. The van der Waals surface area contributed by atoms with Crippen LogP contribution in [-0.2, 0) is 20.7 Å². The summed E-state index contributed by atoms with van der Waals surface area (Å²) in [6.07, 6.45) is 4.17. The average Bonchev–Trinajstić information content (AvgIpc) is 3.16. The van der Waals surface area contributed by atoms with E-state index in [9.17, 15) is 9.59 Å². The Hall–Kier alpha value is -2.73. The van der Waals surface area contributed by atoms with Crippen LogP contribution in [0.15, 0.2) is 64.8 Å². The number of hydrogen-bond donors (Lipinski definition) is 0. The molecule has 5 atom stereocenters. The molecule has 184 valence electrons. The van der Waals surface area contributed by atoms with Crippen LogP contribution in [-0.4, -0.2) is 42.6 Å². The molecule has 0 radical (unpaired) electrons. The third-order valence-electron chi connectivity index (χ3n) is 8.04. The van der Waals surface area contributed by atoms with Crippen molar-refractivity contribution in [1.29, 1.82) is 0 Å². The Bertz CT molecular complexity index is 1140. The molecule has 2 aliphatic heterocycles. The number of rotatable bonds is 6. The first-order valence-corrected chi connectivity index (χ1v) is 13.7. The van der Waals surface area contributed by atoms with Gasteiger partial charge in [0.25, 0.3) is 5.91 Å². The zero-order valence-electron chi connectivity index (χ0n) is 20.8. The smallest absolute Gasteiger partial charge is 0.290 e. The monoisotopic (exact) mass is 491 g/mol. The number of ether oxygens (including phenoxy) is 2. The van der Waals surface area contributed by atoms with Gasteiger partial charge in [0.05, 0.1) is 24.6 Å². The summed E-state index contributed by atoms with van der Waals surface area (Å²) in [6.45, 7) is 4.94. The second-order valence-corrected chi connectivity index (χ2v) is 10.9. The Morgan fingerprint density at radius 2 is 1.69 bits per heavy atom. The van der Waals surface area contributed by atoms with Crippen LogP contribution in [0.25, 0.3) is 0 Å². The number of Topliss-reactive ketones (excluding diaryl/α,β-unsaturated/α-hetero) is 1. The molecule has 3 aliphatic rings. The summed E-state index contributed by atoms with van der Waals surface area (Å²) in [6, 6.07) is 15.7. The molecule has 2 aromatic carbocycles. The molecule has 0 saturated heterocycles. The van der Waals surface area contributed by atoms with Crippen LogP contribution in [0.2, 0.25) is 0 Å². The second kappa shape index (κ2) is 9.73. The Kier molecular flexibility index (Phi) is 6.67. The van der Waals surface area contributed by atoms with Gasteiger partial charge in [-0.15, -0.1) is 11.8 Å². The Labute approximate surface area is 211 Å². The normalized spacial score (nSPS) is 28.0. The van der Waals surface area contributed by atoms with E-state index in [2.05, 4.69) is 26.0 Å². The molecule has 0 bridgehead atoms. The van der Waals surface area contributed by atoms with Gasteiger partial charge in [-0.25, -0.2) is 0 Å². The van der Waals surface area contributed by atoms with Gasteiger partial charge in [-0.3, -0.25) is 9.59 Å². The van der Waals surface area contributed by atoms with Gasteiger partial charge in [-0.1, -0.05) is 38.1 Å². The van der Waals surface area contributed by atoms with Gasteiger partial charge in [0.15, 0.2) is 11.5 Å². The summed E-state index contributed by atoms with van der Waals surface area (Å²) in [5, 5.41) is 0. The van der Waals surface area contributed by atoms with Crippen LogP contribution >= 0.6 is 11.8 Å². The summed E-state index contributed by atoms with van der Waals surface area (Å²) in [4.78, 5) is 30.6. The minimum Gasteiger partial charge on any atom is -0.497 e. The molecule has 5 unspecified atom stereocenters. The van der Waals surface area contributed by atoms with E-state index in [0.29, 0.717) is 30.4 Å². The molecule has 0 spiro atoms. The van der Waals surface area contributed by atoms with E-state index >= 15 is 0 Å². The number of carbonyl (C=O) groups is 2. The lowest BCUT2D eigenvalue weighted by atomic mass is 9.70. The molecule has 0 N–H and O–H groups in total. The van der Waals surface area contributed by atoms with Crippen molar-refractivity contribution >= 4 is 23.5 Å². The highest BCUT2D eigenvalue weighted by molar-refractivity contribution is 7.98. The third kappa shape index (κ3) is 4.37. The van der Waals surface area contributed by atoms with E-state index in [0.717, 1.165) is 34.6 Å². The average molecular weight is 492 g/mol. The fraction of sp³-hybridized carbons (Fsp3) is 0.448. The molecule has 1 fully saturated rings. The van der Waals surface area contributed by atoms with E-state index < -0.39 is 6.04 Å². The lowest BCUT2D eigenvalue weighted by molar-refractivity contribution is -0.137. The largest absolute Gasteiger partial charge is 0.497 e. The number of hydrogen-bond acceptors (Lipinski definition) is 5. The minimum absolute atomic E-state index is 0.106. The molecule has 6 heteroatoms. The van der Waals surface area contributed by atoms with Crippen LogP contribution in [0.5, 0.6) is 5.75 Å². The predicted octanol–water partition coefficient (Wildman–Crippen LogP) is 5.45. The van der Waals surface area contributed by atoms with Crippen LogP contribution in [0.4, 0.5) is 0 Å². The summed E-state index contributed by atoms with van der Waals surface area (Å²) in [7, 11) is 1.65. The van der Waals surface area contributed by atoms with E-state index in [4.69, 9.17) is 9.47 Å². The molecule has 1 amide bonds. The zero-order valence-corrected chi connectivity index (χ0v) is 21.6. The fourth-order valence-corrected chi connectivity index (χ4v) is 6.12. The summed E-state index contributed by atoms with van der Waals surface area (Å²) in [5.74, 6) is 1.81. The standard InChI is InChI=1S/C29H33NO4S/c1-17-15-23-24(16-18(17)2)34-28-25(27(23)31)26(20-7-11-22(35-4)12-8-20)30(29(28)32)14-13-19-5-9-21(33-3)10-6-19/h5-12,17-18,23-24,26H,13-16H2,1-4H3. The number of thioether (sulfide) groups is 1. The van der Waals surface area contributed by atoms with Crippen LogP contribution in [0.1, 0.15) is 43.9 Å². The van der Waals surface area contributed by atoms with Crippen molar-refractivity contribution in [2.45, 2.75) is 50.2 Å². The van der Waals surface area contributed by atoms with Gasteiger partial charge in [0.1, 0.15) is 11.9 Å². The predicted molar refractivity (Wildman–Crippen MR) is 137 cm³/mol. The highest BCUT2D eigenvalue weighted by Crippen LogP contribution is 2.48. The van der Waals surface area contributed by atoms with Crippen LogP contribution in [0, 0.1) is 17.8 Å². The molecule has 2 aromatic rings. The summed E-state index contributed by atoms with van der Waals surface area (Å²) >= 11 is 1.68. The lowest BCUT2D eigenvalue weighted by Gasteiger charge is -2.40. The number of methoxy groups -OCH3 is 1. The topological polar surface area (TPSA) is 55.8 Å². The number of amides is 1. The molecule has 35 heavy (non-hydrogen) atoms. The molecule has 1 aliphatic carbocycles. The van der Waals surface area contributed by atoms with Gasteiger partial charge in [0.2, 0.25) is 0 Å². The Balaban J connectivity index is 1.48. The number of benzene rings is 2. The van der Waals surface area contributed by atoms with E-state index in [-0.39, 0.29) is 29.5 Å². The van der Waals surface area contributed by atoms with Crippen LogP contribution < -0.4 is 4.74 Å². The fourth-order valence-electron chi connectivity index (χ4n) is 5.71. The second-order valence-electron chi connectivity index (χ2n) is 10.1. The summed E-state index contributed by atoms with van der Waals surface area (Å²) < 4.78 is 11.6. The first-order valence-electron chi connectivity index (χ1n) is 12.4. The summed E-state index contributed by atoms with van der Waals surface area (Å²) in [5.41, 5.74) is 2.64. The van der Waals surface area contributed by atoms with Gasteiger partial charge >= 0.3 is 0 Å². The first-order chi connectivity index (χ1) is 16.9. The van der Waals surface area contributed by atoms with Crippen molar-refractivity contribution in [3.05, 3.63) is 71.0 Å². The first kappa shape index (κ1) is 24.0. The van der Waals surface area contributed by atoms with Crippen molar-refractivity contribution < 1.29 is 19.1 Å². The van der Waals surface area contributed by atoms with Crippen LogP contribution in [0.3, 0.4) is 0 Å². The maximum Gasteiger partial charge on any atom is 0.290 e. The number of carbonyl (C=O) groups excluding carboxylic acids is 2. The molecule has 2 heterocycles. The van der Waals surface area contributed by atoms with E-state index in [1.165, 1.54) is 0 Å². The lowest BCUT2D eigenvalue weighted by Crippen LogP contribution is -2.43. The van der Waals surface area contributed by atoms with Gasteiger partial charge < -0.3 is 14.4 Å². The number of ketones is 1. The van der Waals surface area contributed by atoms with Gasteiger partial charge in [0, 0.05) is 11.4 Å². The number of fused-ring (bicyclic) bond motifs is 1. The maximum absolute atomic E-state index is 13.9. The molecular weight excluding hydrogens is 458 g/mol. The van der Waals surface area contributed by atoms with E-state index in [1.807, 2.05) is 47.6 Å². The highest BCUT2D eigenvalue weighted by Gasteiger charge is 2.53. The minimum atomic E-state index is -0.408. The Morgan fingerprint density at radius 1 is 1.00 bits per heavy atom. The van der Waals surface area contributed by atoms with Crippen molar-refractivity contribution in [1.82, 2.24) is 4.90 Å². The van der Waals surface area contributed by atoms with Crippen molar-refractivity contribution in [2.75, 3.05) is 19.9 Å². The van der Waals surface area contributed by atoms with Gasteiger partial charge in [-0.05, 0) is 72.7 Å². The number of nitrogens with zero attached hydrogens (tertiary/aromatic N) is 1. The maximum atomic E-state index is 13.9. The Morgan fingerprint density at radius 3 is 2.34 bits per heavy atom. The molecule has 5 nitrogen and oxygen atoms in total. The molecule has 0 aromatic heterocycles. The highest BCUT2D eigenvalue weighted by atomic mass is 32.2. The van der Waals surface area contributed by atoms with Crippen molar-refractivity contribution in [2.24, 2.45) is 17.8 Å². The zero-order chi connectivity index (χ0) is 24.7. The van der Waals surface area contributed by atoms with Gasteiger partial charge in [-0.2, -0.15) is 0 Å². The molecular formula is C29H33NO4S. The van der Waals surface area contributed by atoms with Crippen molar-refractivity contribution in [3.8, 4) is 5.75 Å². The molecule has 1 saturated carbocycles. The third-order valence-corrected chi connectivity index (χ3v) is 8.78. The van der Waals surface area contributed by atoms with Crippen molar-refractivity contribution in [3.63, 3.8) is 0 Å².